The summed E-state index contributed by atoms with van der Waals surface area (Å²) in [6, 6.07) is 9.18. The monoisotopic (exact) mass is 438 g/mol. The van der Waals surface area contributed by atoms with Gasteiger partial charge in [-0.1, -0.05) is 37.3 Å². The Morgan fingerprint density at radius 2 is 1.68 bits per heavy atom. The Kier molecular flexibility index (Phi) is 5.96. The zero-order chi connectivity index (χ0) is 22.1. The summed E-state index contributed by atoms with van der Waals surface area (Å²) < 4.78 is 0. The standard InChI is InChI=1S/C24H26N2O4S/c1-3-17-13(2)31-23(20(17)22(28)25-16-7-5-4-6-8-16)26-21(27)18-14-9-11-15(12-10-14)19(18)24(29)30/h4-9,11,14-15,18-19H,3,10,12H2,1-2H3,(H,25,28)(H,26,27)(H,29,30)/t14-,15-,18+,19-/m0/s1. The molecule has 2 amide bonds. The average Bonchev–Trinajstić information content (AvgIpc) is 3.09. The fourth-order valence-corrected chi connectivity index (χ4v) is 6.08. The number of aliphatic carboxylic acids is 1. The van der Waals surface area contributed by atoms with Crippen LogP contribution in [0.3, 0.4) is 0 Å². The molecule has 2 bridgehead atoms. The molecular weight excluding hydrogens is 412 g/mol. The maximum absolute atomic E-state index is 13.3. The van der Waals surface area contributed by atoms with Crippen LogP contribution in [0.2, 0.25) is 0 Å². The van der Waals surface area contributed by atoms with Gasteiger partial charge in [-0.15, -0.1) is 11.3 Å². The van der Waals surface area contributed by atoms with Gasteiger partial charge in [0.05, 0.1) is 17.4 Å². The molecule has 4 atom stereocenters. The molecule has 0 radical (unpaired) electrons. The molecule has 1 aromatic carbocycles. The lowest BCUT2D eigenvalue weighted by Gasteiger charge is -2.41. The summed E-state index contributed by atoms with van der Waals surface area (Å²) >= 11 is 1.37. The molecule has 1 aromatic heterocycles. The fraction of sp³-hybridized carbons (Fsp3) is 0.375. The number of anilines is 2. The zero-order valence-electron chi connectivity index (χ0n) is 17.6. The summed E-state index contributed by atoms with van der Waals surface area (Å²) in [5.41, 5.74) is 2.04. The van der Waals surface area contributed by atoms with Crippen molar-refractivity contribution in [3.8, 4) is 0 Å². The number of para-hydroxylation sites is 1. The normalized spacial score (nSPS) is 24.1. The van der Waals surface area contributed by atoms with Crippen molar-refractivity contribution in [2.24, 2.45) is 23.7 Å². The number of thiophene rings is 1. The maximum Gasteiger partial charge on any atom is 0.307 e. The third-order valence-electron chi connectivity index (χ3n) is 6.39. The van der Waals surface area contributed by atoms with Gasteiger partial charge in [0.2, 0.25) is 5.91 Å². The van der Waals surface area contributed by atoms with Gasteiger partial charge in [-0.3, -0.25) is 14.4 Å². The van der Waals surface area contributed by atoms with Crippen LogP contribution in [0.4, 0.5) is 10.7 Å². The molecule has 3 aliphatic carbocycles. The van der Waals surface area contributed by atoms with Crippen molar-refractivity contribution in [1.82, 2.24) is 0 Å². The minimum absolute atomic E-state index is 0.0839. The van der Waals surface area contributed by atoms with Crippen molar-refractivity contribution < 1.29 is 19.5 Å². The molecule has 1 fully saturated rings. The van der Waals surface area contributed by atoms with E-state index in [1.165, 1.54) is 11.3 Å². The van der Waals surface area contributed by atoms with Crippen molar-refractivity contribution in [1.29, 1.82) is 0 Å². The zero-order valence-corrected chi connectivity index (χ0v) is 18.4. The van der Waals surface area contributed by atoms with Crippen LogP contribution >= 0.6 is 11.3 Å². The lowest BCUT2D eigenvalue weighted by molar-refractivity contribution is -0.151. The number of nitrogens with one attached hydrogen (secondary N) is 2. The van der Waals surface area contributed by atoms with Crippen LogP contribution in [-0.4, -0.2) is 22.9 Å². The molecule has 0 unspecified atom stereocenters. The summed E-state index contributed by atoms with van der Waals surface area (Å²) in [6.07, 6.45) is 6.20. The maximum atomic E-state index is 13.3. The number of carboxylic acid groups (broad SMARTS) is 1. The smallest absolute Gasteiger partial charge is 0.307 e. The minimum Gasteiger partial charge on any atom is -0.481 e. The molecule has 1 heterocycles. The summed E-state index contributed by atoms with van der Waals surface area (Å²) in [6.45, 7) is 3.91. The predicted molar refractivity (Wildman–Crippen MR) is 121 cm³/mol. The summed E-state index contributed by atoms with van der Waals surface area (Å²) in [5.74, 6) is -3.07. The second-order valence-electron chi connectivity index (χ2n) is 8.18. The largest absolute Gasteiger partial charge is 0.481 e. The molecule has 0 saturated heterocycles. The first-order chi connectivity index (χ1) is 14.9. The number of benzene rings is 1. The number of carboxylic acids is 1. The summed E-state index contributed by atoms with van der Waals surface area (Å²) in [5, 5.41) is 16.1. The van der Waals surface area contributed by atoms with Gasteiger partial charge in [0.1, 0.15) is 5.00 Å². The van der Waals surface area contributed by atoms with Crippen LogP contribution in [0.25, 0.3) is 0 Å². The van der Waals surface area contributed by atoms with E-state index in [2.05, 4.69) is 10.6 Å². The molecule has 0 spiro atoms. The number of carbonyl (C=O) groups excluding carboxylic acids is 2. The molecule has 162 valence electrons. The van der Waals surface area contributed by atoms with Gasteiger partial charge < -0.3 is 15.7 Å². The Morgan fingerprint density at radius 1 is 1.03 bits per heavy atom. The Bertz CT molecular complexity index is 1040. The molecule has 31 heavy (non-hydrogen) atoms. The first-order valence-electron chi connectivity index (χ1n) is 10.6. The van der Waals surface area contributed by atoms with E-state index in [9.17, 15) is 19.5 Å². The number of hydrogen-bond donors (Lipinski definition) is 3. The number of rotatable bonds is 6. The van der Waals surface area contributed by atoms with E-state index < -0.39 is 17.8 Å². The third-order valence-corrected chi connectivity index (χ3v) is 7.46. The van der Waals surface area contributed by atoms with Gasteiger partial charge in [0, 0.05) is 10.6 Å². The predicted octanol–water partition coefficient (Wildman–Crippen LogP) is 4.72. The number of hydrogen-bond acceptors (Lipinski definition) is 4. The van der Waals surface area contributed by atoms with Crippen LogP contribution in [0.5, 0.6) is 0 Å². The van der Waals surface area contributed by atoms with E-state index in [1.807, 2.05) is 56.3 Å². The topological polar surface area (TPSA) is 95.5 Å². The van der Waals surface area contributed by atoms with Crippen molar-refractivity contribution in [2.75, 3.05) is 10.6 Å². The number of aryl methyl sites for hydroxylation is 1. The van der Waals surface area contributed by atoms with Crippen LogP contribution < -0.4 is 10.6 Å². The molecule has 3 aliphatic rings. The Balaban J connectivity index is 1.62. The van der Waals surface area contributed by atoms with Crippen LogP contribution in [-0.2, 0) is 16.0 Å². The summed E-state index contributed by atoms with van der Waals surface area (Å²) in [4.78, 5) is 39.3. The molecule has 5 rings (SSSR count). The van der Waals surface area contributed by atoms with E-state index in [0.717, 1.165) is 23.3 Å². The van der Waals surface area contributed by atoms with Crippen molar-refractivity contribution >= 4 is 39.8 Å². The van der Waals surface area contributed by atoms with E-state index in [0.29, 0.717) is 22.7 Å². The van der Waals surface area contributed by atoms with E-state index >= 15 is 0 Å². The van der Waals surface area contributed by atoms with Crippen molar-refractivity contribution in [3.63, 3.8) is 0 Å². The van der Waals surface area contributed by atoms with Crippen LogP contribution in [0.15, 0.2) is 42.5 Å². The van der Waals surface area contributed by atoms with Gasteiger partial charge in [0.25, 0.3) is 5.91 Å². The second-order valence-corrected chi connectivity index (χ2v) is 9.41. The highest BCUT2D eigenvalue weighted by molar-refractivity contribution is 7.16. The highest BCUT2D eigenvalue weighted by Gasteiger charge is 2.48. The van der Waals surface area contributed by atoms with Crippen molar-refractivity contribution in [3.05, 3.63) is 58.5 Å². The van der Waals surface area contributed by atoms with Crippen molar-refractivity contribution in [2.45, 2.75) is 33.1 Å². The van der Waals surface area contributed by atoms with Crippen LogP contribution in [0.1, 0.15) is 40.6 Å². The molecule has 0 aliphatic heterocycles. The van der Waals surface area contributed by atoms with Gasteiger partial charge >= 0.3 is 5.97 Å². The summed E-state index contributed by atoms with van der Waals surface area (Å²) in [7, 11) is 0. The average molecular weight is 439 g/mol. The van der Waals surface area contributed by atoms with E-state index in [4.69, 9.17) is 0 Å². The quantitative estimate of drug-likeness (QED) is 0.569. The van der Waals surface area contributed by atoms with Gasteiger partial charge in [0.15, 0.2) is 0 Å². The molecule has 3 N–H and O–H groups in total. The van der Waals surface area contributed by atoms with Crippen LogP contribution in [0, 0.1) is 30.6 Å². The number of allylic oxidation sites excluding steroid dienone is 2. The first-order valence-corrected chi connectivity index (χ1v) is 11.4. The Hall–Kier alpha value is -2.93. The van der Waals surface area contributed by atoms with E-state index in [-0.39, 0.29) is 23.7 Å². The molecule has 1 saturated carbocycles. The highest BCUT2D eigenvalue weighted by atomic mass is 32.1. The molecular formula is C24H26N2O4S. The first kappa shape index (κ1) is 21.3. The Labute approximate surface area is 185 Å². The number of amides is 2. The molecule has 6 nitrogen and oxygen atoms in total. The number of carbonyl (C=O) groups is 3. The third kappa shape index (κ3) is 4.02. The highest BCUT2D eigenvalue weighted by Crippen LogP contribution is 2.46. The SMILES string of the molecule is CCc1c(C)sc(NC(=O)[C@H]2[C@@H](C(=O)O)[C@H]3C=C[C@H]2CC3)c1C(=O)Nc1ccccc1. The number of fused-ring (bicyclic) bond motifs is 2. The molecule has 2 aromatic rings. The lowest BCUT2D eigenvalue weighted by atomic mass is 9.62. The van der Waals surface area contributed by atoms with E-state index in [1.54, 1.807) is 0 Å². The fourth-order valence-electron chi connectivity index (χ4n) is 4.93. The Morgan fingerprint density at radius 3 is 2.26 bits per heavy atom. The van der Waals surface area contributed by atoms with Gasteiger partial charge in [-0.2, -0.15) is 0 Å². The second kappa shape index (κ2) is 8.67. The van der Waals surface area contributed by atoms with Gasteiger partial charge in [-0.25, -0.2) is 0 Å². The minimum atomic E-state index is -0.933. The molecule has 7 heteroatoms. The lowest BCUT2D eigenvalue weighted by Crippen LogP contribution is -2.47. The van der Waals surface area contributed by atoms with Gasteiger partial charge in [-0.05, 0) is 55.7 Å².